The number of hydrogen-bond acceptors (Lipinski definition) is 8. The van der Waals surface area contributed by atoms with Crippen LogP contribution in [0.4, 0.5) is 14.5 Å². The summed E-state index contributed by atoms with van der Waals surface area (Å²) in [5, 5.41) is 2.62. The average Bonchev–Trinajstić information content (AvgIpc) is 3.11. The summed E-state index contributed by atoms with van der Waals surface area (Å²) in [5.41, 5.74) is 0.278. The van der Waals surface area contributed by atoms with Gasteiger partial charge in [0.1, 0.15) is 0 Å². The third-order valence-electron chi connectivity index (χ3n) is 5.38. The Morgan fingerprint density at radius 1 is 1.00 bits per heavy atom. The molecule has 1 amide bonds. The second kappa shape index (κ2) is 9.24. The Labute approximate surface area is 195 Å². The van der Waals surface area contributed by atoms with E-state index in [1.165, 1.54) is 54.9 Å². The number of fused-ring (bicyclic) bond motifs is 1. The molecule has 1 saturated heterocycles. The highest BCUT2D eigenvalue weighted by molar-refractivity contribution is 7.89. The van der Waals surface area contributed by atoms with Gasteiger partial charge in [-0.1, -0.05) is 0 Å². The van der Waals surface area contributed by atoms with Gasteiger partial charge in [0, 0.05) is 44.0 Å². The van der Waals surface area contributed by atoms with Gasteiger partial charge in [0.25, 0.3) is 0 Å². The zero-order chi connectivity index (χ0) is 24.5. The van der Waals surface area contributed by atoms with Crippen molar-refractivity contribution < 1.29 is 40.9 Å². The molecule has 0 saturated carbocycles. The van der Waals surface area contributed by atoms with Gasteiger partial charge in [-0.05, 0) is 24.3 Å². The Kier molecular flexibility index (Phi) is 6.51. The van der Waals surface area contributed by atoms with E-state index < -0.39 is 16.3 Å². The highest BCUT2D eigenvalue weighted by atomic mass is 32.2. The van der Waals surface area contributed by atoms with E-state index in [1.54, 1.807) is 4.90 Å². The topological polar surface area (TPSA) is 107 Å². The zero-order valence-electron chi connectivity index (χ0n) is 18.4. The smallest absolute Gasteiger partial charge is 0.493 e. The van der Waals surface area contributed by atoms with E-state index in [9.17, 15) is 22.0 Å². The molecule has 0 aromatic heterocycles. The molecular weight excluding hydrogens is 476 g/mol. The standard InChI is InChI=1S/C21H23F2N3O7S/c1-30-16-6-4-15(12-18(16)31-2)34(28,29)26-9-7-25(8-10-26)13-20(27)24-14-3-5-17-19(11-14)33-21(22,23)32-17/h3-6,11-12H,7-10,13H2,1-2H3,(H,24,27). The van der Waals surface area contributed by atoms with E-state index in [1.807, 2.05) is 0 Å². The summed E-state index contributed by atoms with van der Waals surface area (Å²) in [7, 11) is -0.860. The van der Waals surface area contributed by atoms with Crippen LogP contribution < -0.4 is 24.3 Å². The van der Waals surface area contributed by atoms with Crippen molar-refractivity contribution >= 4 is 21.6 Å². The highest BCUT2D eigenvalue weighted by Crippen LogP contribution is 2.42. The number of sulfonamides is 1. The number of carbonyl (C=O) groups excluding carboxylic acids is 1. The predicted octanol–water partition coefficient (Wildman–Crippen LogP) is 1.97. The minimum atomic E-state index is -3.75. The number of ether oxygens (including phenoxy) is 4. The fourth-order valence-electron chi connectivity index (χ4n) is 3.68. The van der Waals surface area contributed by atoms with Gasteiger partial charge in [-0.3, -0.25) is 9.69 Å². The van der Waals surface area contributed by atoms with Crippen LogP contribution in [-0.4, -0.2) is 76.8 Å². The van der Waals surface area contributed by atoms with Crippen molar-refractivity contribution in [2.45, 2.75) is 11.2 Å². The predicted molar refractivity (Wildman–Crippen MR) is 116 cm³/mol. The van der Waals surface area contributed by atoms with Crippen molar-refractivity contribution in [3.8, 4) is 23.0 Å². The van der Waals surface area contributed by atoms with Crippen molar-refractivity contribution in [2.24, 2.45) is 0 Å². The molecule has 4 rings (SSSR count). The van der Waals surface area contributed by atoms with Crippen LogP contribution in [0.3, 0.4) is 0 Å². The van der Waals surface area contributed by atoms with E-state index in [0.717, 1.165) is 0 Å². The molecule has 0 aliphatic carbocycles. The number of benzene rings is 2. The van der Waals surface area contributed by atoms with Crippen LogP contribution >= 0.6 is 0 Å². The molecule has 0 unspecified atom stereocenters. The fourth-order valence-corrected chi connectivity index (χ4v) is 5.12. The number of carbonyl (C=O) groups is 1. The van der Waals surface area contributed by atoms with Crippen molar-refractivity contribution in [1.29, 1.82) is 0 Å². The minimum absolute atomic E-state index is 0.00878. The van der Waals surface area contributed by atoms with Gasteiger partial charge in [0.15, 0.2) is 23.0 Å². The lowest BCUT2D eigenvalue weighted by atomic mass is 10.2. The number of hydrogen-bond donors (Lipinski definition) is 1. The van der Waals surface area contributed by atoms with Crippen LogP contribution in [0.25, 0.3) is 0 Å². The van der Waals surface area contributed by atoms with Crippen molar-refractivity contribution in [2.75, 3.05) is 52.3 Å². The van der Waals surface area contributed by atoms with Crippen molar-refractivity contribution in [1.82, 2.24) is 9.21 Å². The average molecular weight is 499 g/mol. The number of nitrogens with zero attached hydrogens (tertiary/aromatic N) is 2. The summed E-state index contributed by atoms with van der Waals surface area (Å²) in [5.74, 6) is 0.0768. The Bertz CT molecular complexity index is 1180. The molecule has 1 N–H and O–H groups in total. The van der Waals surface area contributed by atoms with E-state index in [-0.39, 0.29) is 47.6 Å². The van der Waals surface area contributed by atoms with E-state index in [0.29, 0.717) is 24.6 Å². The molecule has 184 valence electrons. The van der Waals surface area contributed by atoms with Crippen LogP contribution in [0.15, 0.2) is 41.3 Å². The molecule has 0 atom stereocenters. The van der Waals surface area contributed by atoms with Gasteiger partial charge in [0.05, 0.1) is 25.7 Å². The van der Waals surface area contributed by atoms with Crippen LogP contribution in [0, 0.1) is 0 Å². The van der Waals surface area contributed by atoms with Crippen LogP contribution in [-0.2, 0) is 14.8 Å². The third-order valence-corrected chi connectivity index (χ3v) is 7.27. The molecule has 2 heterocycles. The van der Waals surface area contributed by atoms with Crippen LogP contribution in [0.5, 0.6) is 23.0 Å². The summed E-state index contributed by atoms with van der Waals surface area (Å²) in [6.07, 6.45) is -3.73. The lowest BCUT2D eigenvalue weighted by Crippen LogP contribution is -2.50. The summed E-state index contributed by atoms with van der Waals surface area (Å²) in [4.78, 5) is 14.3. The Hall–Kier alpha value is -3.16. The lowest BCUT2D eigenvalue weighted by Gasteiger charge is -2.33. The first-order valence-electron chi connectivity index (χ1n) is 10.3. The molecule has 2 aromatic rings. The number of methoxy groups -OCH3 is 2. The molecule has 10 nitrogen and oxygen atoms in total. The quantitative estimate of drug-likeness (QED) is 0.617. The summed E-state index contributed by atoms with van der Waals surface area (Å²) >= 11 is 0. The van der Waals surface area contributed by atoms with Gasteiger partial charge in [0.2, 0.25) is 15.9 Å². The Balaban J connectivity index is 1.32. The molecule has 1 fully saturated rings. The van der Waals surface area contributed by atoms with Crippen LogP contribution in [0.1, 0.15) is 0 Å². The highest BCUT2D eigenvalue weighted by Gasteiger charge is 2.43. The summed E-state index contributed by atoms with van der Waals surface area (Å²) in [6.45, 7) is 1.08. The number of nitrogens with one attached hydrogen (secondary N) is 1. The summed E-state index contributed by atoms with van der Waals surface area (Å²) in [6, 6.07) is 8.36. The molecule has 2 aliphatic heterocycles. The normalized spacial score (nSPS) is 17.9. The van der Waals surface area contributed by atoms with Crippen molar-refractivity contribution in [3.63, 3.8) is 0 Å². The number of rotatable bonds is 7. The SMILES string of the molecule is COc1ccc(S(=O)(=O)N2CCN(CC(=O)Nc3ccc4c(c3)OC(F)(F)O4)CC2)cc1OC. The molecule has 34 heavy (non-hydrogen) atoms. The van der Waals surface area contributed by atoms with Crippen LogP contribution in [0.2, 0.25) is 0 Å². The monoisotopic (exact) mass is 499 g/mol. The first-order chi connectivity index (χ1) is 16.1. The van der Waals surface area contributed by atoms with Gasteiger partial charge in [-0.2, -0.15) is 4.31 Å². The number of piperazine rings is 1. The van der Waals surface area contributed by atoms with Crippen molar-refractivity contribution in [3.05, 3.63) is 36.4 Å². The molecule has 0 radical (unpaired) electrons. The second-order valence-electron chi connectivity index (χ2n) is 7.57. The van der Waals surface area contributed by atoms with E-state index in [4.69, 9.17) is 9.47 Å². The lowest BCUT2D eigenvalue weighted by molar-refractivity contribution is -0.286. The number of alkyl halides is 2. The largest absolute Gasteiger partial charge is 0.586 e. The zero-order valence-corrected chi connectivity index (χ0v) is 19.2. The Morgan fingerprint density at radius 3 is 2.35 bits per heavy atom. The molecular formula is C21H23F2N3O7S. The van der Waals surface area contributed by atoms with Gasteiger partial charge in [-0.25, -0.2) is 8.42 Å². The van der Waals surface area contributed by atoms with Gasteiger partial charge in [-0.15, -0.1) is 8.78 Å². The third kappa shape index (κ3) is 5.00. The van der Waals surface area contributed by atoms with E-state index in [2.05, 4.69) is 14.8 Å². The fraction of sp³-hybridized carbons (Fsp3) is 0.381. The molecule has 0 spiro atoms. The number of amides is 1. The maximum Gasteiger partial charge on any atom is 0.586 e. The summed E-state index contributed by atoms with van der Waals surface area (Å²) < 4.78 is 72.7. The number of anilines is 1. The Morgan fingerprint density at radius 2 is 1.68 bits per heavy atom. The minimum Gasteiger partial charge on any atom is -0.493 e. The first kappa shape index (κ1) is 24.0. The second-order valence-corrected chi connectivity index (χ2v) is 9.51. The first-order valence-corrected chi connectivity index (χ1v) is 11.7. The molecule has 2 aromatic carbocycles. The molecule has 13 heteroatoms. The maximum absolute atomic E-state index is 13.1. The van der Waals surface area contributed by atoms with Gasteiger partial charge >= 0.3 is 6.29 Å². The molecule has 2 aliphatic rings. The maximum atomic E-state index is 13.1. The van der Waals surface area contributed by atoms with Gasteiger partial charge < -0.3 is 24.3 Å². The number of halogens is 2. The van der Waals surface area contributed by atoms with E-state index >= 15 is 0 Å². The molecule has 0 bridgehead atoms.